The van der Waals surface area contributed by atoms with Crippen LogP contribution in [0, 0.1) is 0 Å². The molecule has 0 spiro atoms. The summed E-state index contributed by atoms with van der Waals surface area (Å²) in [6, 6.07) is 6.58. The molecule has 2 rings (SSSR count). The van der Waals surface area contributed by atoms with Crippen molar-refractivity contribution in [1.29, 1.82) is 0 Å². The third-order valence-corrected chi connectivity index (χ3v) is 3.48. The number of hydrogen-bond donors (Lipinski definition) is 2. The Morgan fingerprint density at radius 1 is 1.30 bits per heavy atom. The molecule has 1 saturated heterocycles. The van der Waals surface area contributed by atoms with Crippen LogP contribution in [0.4, 0.5) is 4.79 Å². The number of aliphatic hydroxyl groups excluding tert-OH is 1. The summed E-state index contributed by atoms with van der Waals surface area (Å²) in [5.74, 6) is 0.382. The Labute approximate surface area is 117 Å². The summed E-state index contributed by atoms with van der Waals surface area (Å²) in [6.45, 7) is 1.83. The fourth-order valence-electron chi connectivity index (χ4n) is 2.25. The Bertz CT molecular complexity index is 514. The van der Waals surface area contributed by atoms with Gasteiger partial charge in [0.05, 0.1) is 7.11 Å². The Balaban J connectivity index is 2.25. The van der Waals surface area contributed by atoms with Gasteiger partial charge in [0.15, 0.2) is 0 Å². The second-order valence-corrected chi connectivity index (χ2v) is 4.82. The number of nitrogens with zero attached hydrogens (tertiary/aromatic N) is 1. The first kappa shape index (κ1) is 14.3. The van der Waals surface area contributed by atoms with E-state index in [0.29, 0.717) is 17.7 Å². The fraction of sp³-hybridized carbons (Fsp3) is 0.429. The molecule has 20 heavy (non-hydrogen) atoms. The molecule has 0 radical (unpaired) electrons. The first-order chi connectivity index (χ1) is 9.52. The summed E-state index contributed by atoms with van der Waals surface area (Å²) in [4.78, 5) is 25.5. The maximum absolute atomic E-state index is 12.4. The van der Waals surface area contributed by atoms with Gasteiger partial charge in [-0.2, -0.15) is 0 Å². The molecule has 1 aliphatic rings. The van der Waals surface area contributed by atoms with Crippen LogP contribution < -0.4 is 10.1 Å². The van der Waals surface area contributed by atoms with Gasteiger partial charge in [0, 0.05) is 13.2 Å². The van der Waals surface area contributed by atoms with E-state index in [-0.39, 0.29) is 19.1 Å². The zero-order chi connectivity index (χ0) is 14.8. The summed E-state index contributed by atoms with van der Waals surface area (Å²) in [5.41, 5.74) is -0.373. The molecule has 0 aromatic heterocycles. The van der Waals surface area contributed by atoms with Gasteiger partial charge in [-0.15, -0.1) is 0 Å². The predicted molar refractivity (Wildman–Crippen MR) is 72.3 cm³/mol. The van der Waals surface area contributed by atoms with Crippen LogP contribution in [0.3, 0.4) is 0 Å². The molecule has 1 unspecified atom stereocenters. The van der Waals surface area contributed by atoms with Crippen molar-refractivity contribution in [2.45, 2.75) is 18.9 Å². The number of amides is 3. The molecule has 0 bridgehead atoms. The second kappa shape index (κ2) is 5.50. The van der Waals surface area contributed by atoms with E-state index in [1.807, 2.05) is 0 Å². The first-order valence-electron chi connectivity index (χ1n) is 6.42. The standard InChI is InChI=1S/C14H18N2O4/c1-14(10-4-6-11(20-2)7-5-10)12(18)16(8-3-9-17)13(19)15-14/h4-7,17H,3,8-9H2,1-2H3,(H,15,19). The summed E-state index contributed by atoms with van der Waals surface area (Å²) < 4.78 is 5.08. The van der Waals surface area contributed by atoms with E-state index in [1.54, 1.807) is 38.3 Å². The Hall–Kier alpha value is -2.08. The number of imide groups is 1. The Kier molecular flexibility index (Phi) is 3.94. The molecule has 6 heteroatoms. The van der Waals surface area contributed by atoms with Crippen molar-refractivity contribution < 1.29 is 19.4 Å². The molecule has 108 valence electrons. The predicted octanol–water partition coefficient (Wildman–Crippen LogP) is 0.845. The maximum atomic E-state index is 12.4. The Morgan fingerprint density at radius 3 is 2.50 bits per heavy atom. The second-order valence-electron chi connectivity index (χ2n) is 4.82. The molecular weight excluding hydrogens is 260 g/mol. The van der Waals surface area contributed by atoms with Crippen LogP contribution in [0.2, 0.25) is 0 Å². The van der Waals surface area contributed by atoms with Crippen molar-refractivity contribution >= 4 is 11.9 Å². The average Bonchev–Trinajstić information content (AvgIpc) is 2.68. The molecule has 1 heterocycles. The quantitative estimate of drug-likeness (QED) is 0.782. The lowest BCUT2D eigenvalue weighted by molar-refractivity contribution is -0.131. The summed E-state index contributed by atoms with van der Waals surface area (Å²) in [5, 5.41) is 11.5. The number of carbonyl (C=O) groups is 2. The van der Waals surface area contributed by atoms with Crippen molar-refractivity contribution in [3.8, 4) is 5.75 Å². The molecule has 6 nitrogen and oxygen atoms in total. The highest BCUT2D eigenvalue weighted by Crippen LogP contribution is 2.29. The third-order valence-electron chi connectivity index (χ3n) is 3.48. The smallest absolute Gasteiger partial charge is 0.325 e. The lowest BCUT2D eigenvalue weighted by atomic mass is 9.92. The monoisotopic (exact) mass is 278 g/mol. The van der Waals surface area contributed by atoms with Crippen LogP contribution in [0.25, 0.3) is 0 Å². The van der Waals surface area contributed by atoms with E-state index >= 15 is 0 Å². The summed E-state index contributed by atoms with van der Waals surface area (Å²) >= 11 is 0. The number of rotatable bonds is 5. The van der Waals surface area contributed by atoms with Gasteiger partial charge in [-0.25, -0.2) is 4.79 Å². The molecule has 1 aromatic carbocycles. The molecule has 1 aliphatic heterocycles. The van der Waals surface area contributed by atoms with Crippen molar-refractivity contribution in [2.24, 2.45) is 0 Å². The fourth-order valence-corrected chi connectivity index (χ4v) is 2.25. The van der Waals surface area contributed by atoms with Gasteiger partial charge < -0.3 is 15.2 Å². The van der Waals surface area contributed by atoms with E-state index in [0.717, 1.165) is 4.90 Å². The lowest BCUT2D eigenvalue weighted by Gasteiger charge is -2.22. The molecule has 0 aliphatic carbocycles. The zero-order valence-electron chi connectivity index (χ0n) is 11.5. The van der Waals surface area contributed by atoms with Crippen molar-refractivity contribution in [2.75, 3.05) is 20.3 Å². The van der Waals surface area contributed by atoms with Gasteiger partial charge in [0.2, 0.25) is 0 Å². The number of carbonyl (C=O) groups excluding carboxylic acids is 2. The minimum Gasteiger partial charge on any atom is -0.497 e. The molecule has 0 saturated carbocycles. The van der Waals surface area contributed by atoms with Gasteiger partial charge in [-0.1, -0.05) is 12.1 Å². The van der Waals surface area contributed by atoms with Crippen molar-refractivity contribution in [3.63, 3.8) is 0 Å². The average molecular weight is 278 g/mol. The summed E-state index contributed by atoms with van der Waals surface area (Å²) in [7, 11) is 1.57. The van der Waals surface area contributed by atoms with Gasteiger partial charge in [-0.3, -0.25) is 9.69 Å². The topological polar surface area (TPSA) is 78.9 Å². The van der Waals surface area contributed by atoms with Crippen LogP contribution >= 0.6 is 0 Å². The molecule has 1 atom stereocenters. The SMILES string of the molecule is COc1ccc(C2(C)NC(=O)N(CCCO)C2=O)cc1. The van der Waals surface area contributed by atoms with Gasteiger partial charge >= 0.3 is 6.03 Å². The number of urea groups is 1. The van der Waals surface area contributed by atoms with Crippen LogP contribution in [-0.2, 0) is 10.3 Å². The maximum Gasteiger partial charge on any atom is 0.325 e. The number of benzene rings is 1. The highest BCUT2D eigenvalue weighted by Gasteiger charge is 2.48. The Morgan fingerprint density at radius 2 is 1.95 bits per heavy atom. The normalized spacial score (nSPS) is 22.1. The highest BCUT2D eigenvalue weighted by atomic mass is 16.5. The number of hydrogen-bond acceptors (Lipinski definition) is 4. The van der Waals surface area contributed by atoms with E-state index in [9.17, 15) is 9.59 Å². The van der Waals surface area contributed by atoms with E-state index in [2.05, 4.69) is 5.32 Å². The minimum atomic E-state index is -1.07. The molecular formula is C14H18N2O4. The van der Waals surface area contributed by atoms with Gasteiger partial charge in [0.1, 0.15) is 11.3 Å². The lowest BCUT2D eigenvalue weighted by Crippen LogP contribution is -2.41. The molecule has 3 amide bonds. The van der Waals surface area contributed by atoms with Crippen LogP contribution in [-0.4, -0.2) is 42.2 Å². The molecule has 2 N–H and O–H groups in total. The molecule has 1 aromatic rings. The van der Waals surface area contributed by atoms with Crippen molar-refractivity contribution in [3.05, 3.63) is 29.8 Å². The third kappa shape index (κ3) is 2.34. The van der Waals surface area contributed by atoms with Gasteiger partial charge in [-0.05, 0) is 31.0 Å². The van der Waals surface area contributed by atoms with E-state index < -0.39 is 11.6 Å². The highest BCUT2D eigenvalue weighted by molar-refractivity contribution is 6.07. The van der Waals surface area contributed by atoms with E-state index in [4.69, 9.17) is 9.84 Å². The van der Waals surface area contributed by atoms with Crippen molar-refractivity contribution in [1.82, 2.24) is 10.2 Å². The van der Waals surface area contributed by atoms with Crippen LogP contribution in [0.15, 0.2) is 24.3 Å². The largest absolute Gasteiger partial charge is 0.497 e. The number of methoxy groups -OCH3 is 1. The van der Waals surface area contributed by atoms with Crippen LogP contribution in [0.5, 0.6) is 5.75 Å². The summed E-state index contributed by atoms with van der Waals surface area (Å²) in [6.07, 6.45) is 0.373. The van der Waals surface area contributed by atoms with Crippen LogP contribution in [0.1, 0.15) is 18.9 Å². The number of ether oxygens (including phenoxy) is 1. The zero-order valence-corrected chi connectivity index (χ0v) is 11.5. The first-order valence-corrected chi connectivity index (χ1v) is 6.42. The molecule has 1 fully saturated rings. The van der Waals surface area contributed by atoms with E-state index in [1.165, 1.54) is 0 Å². The number of aliphatic hydroxyl groups is 1. The number of nitrogens with one attached hydrogen (secondary N) is 1. The van der Waals surface area contributed by atoms with Gasteiger partial charge in [0.25, 0.3) is 5.91 Å². The minimum absolute atomic E-state index is 0.0592.